The second kappa shape index (κ2) is 5.82. The predicted octanol–water partition coefficient (Wildman–Crippen LogP) is 3.08. The molecule has 0 aliphatic carbocycles. The smallest absolute Gasteiger partial charge is 0.213 e. The average Bonchev–Trinajstić information content (AvgIpc) is 2.26. The van der Waals surface area contributed by atoms with E-state index in [4.69, 9.17) is 16.3 Å². The molecular formula is C11H14ClNO3. The zero-order chi connectivity index (χ0) is 12.1. The highest BCUT2D eigenvalue weighted by Gasteiger charge is 2.21. The van der Waals surface area contributed by atoms with Gasteiger partial charge in [0.1, 0.15) is 0 Å². The number of halogens is 1. The van der Waals surface area contributed by atoms with Crippen LogP contribution < -0.4 is 0 Å². The van der Waals surface area contributed by atoms with Crippen LogP contribution in [-0.2, 0) is 4.74 Å². The molecule has 1 aromatic carbocycles. The molecule has 0 fully saturated rings. The second-order valence-electron chi connectivity index (χ2n) is 3.65. The van der Waals surface area contributed by atoms with E-state index in [9.17, 15) is 10.1 Å². The summed E-state index contributed by atoms with van der Waals surface area (Å²) in [6.45, 7) is 1.57. The molecule has 0 aromatic heterocycles. The Kier molecular flexibility index (Phi) is 4.71. The van der Waals surface area contributed by atoms with E-state index in [1.54, 1.807) is 26.2 Å². The van der Waals surface area contributed by atoms with Gasteiger partial charge in [0.2, 0.25) is 6.04 Å². The molecule has 0 spiro atoms. The lowest BCUT2D eigenvalue weighted by atomic mass is 10.0. The van der Waals surface area contributed by atoms with Crippen LogP contribution in [0.1, 0.15) is 25.0 Å². The van der Waals surface area contributed by atoms with Gasteiger partial charge < -0.3 is 4.74 Å². The first-order valence-electron chi connectivity index (χ1n) is 4.96. The van der Waals surface area contributed by atoms with Gasteiger partial charge in [-0.2, -0.15) is 0 Å². The molecule has 1 rings (SSSR count). The molecule has 4 nitrogen and oxygen atoms in total. The van der Waals surface area contributed by atoms with Gasteiger partial charge in [-0.15, -0.1) is 0 Å². The molecule has 16 heavy (non-hydrogen) atoms. The molecule has 0 radical (unpaired) electrons. The predicted molar refractivity (Wildman–Crippen MR) is 62.3 cm³/mol. The van der Waals surface area contributed by atoms with Crippen molar-refractivity contribution in [3.63, 3.8) is 0 Å². The zero-order valence-corrected chi connectivity index (χ0v) is 9.98. The van der Waals surface area contributed by atoms with Crippen LogP contribution in [0.3, 0.4) is 0 Å². The van der Waals surface area contributed by atoms with Crippen LogP contribution >= 0.6 is 11.6 Å². The molecule has 0 N–H and O–H groups in total. The molecule has 0 heterocycles. The normalized spacial score (nSPS) is 14.4. The van der Waals surface area contributed by atoms with Crippen LogP contribution in [0.5, 0.6) is 0 Å². The summed E-state index contributed by atoms with van der Waals surface area (Å²) in [5, 5.41) is 11.2. The first-order chi connectivity index (χ1) is 7.54. The Morgan fingerprint density at radius 2 is 2.00 bits per heavy atom. The SMILES string of the molecule is COC(CC(C)[N+](=O)[O-])c1ccc(Cl)cc1. The van der Waals surface area contributed by atoms with Crippen molar-refractivity contribution < 1.29 is 9.66 Å². The number of methoxy groups -OCH3 is 1. The van der Waals surface area contributed by atoms with Crippen LogP contribution in [0.15, 0.2) is 24.3 Å². The molecular weight excluding hydrogens is 230 g/mol. The van der Waals surface area contributed by atoms with Crippen molar-refractivity contribution in [2.45, 2.75) is 25.5 Å². The Morgan fingerprint density at radius 1 is 1.44 bits per heavy atom. The Balaban J connectivity index is 2.74. The molecule has 5 heteroatoms. The number of rotatable bonds is 5. The van der Waals surface area contributed by atoms with Gasteiger partial charge in [0.25, 0.3) is 0 Å². The summed E-state index contributed by atoms with van der Waals surface area (Å²) < 4.78 is 5.25. The van der Waals surface area contributed by atoms with Crippen molar-refractivity contribution in [3.05, 3.63) is 45.0 Å². The summed E-state index contributed by atoms with van der Waals surface area (Å²) in [5.74, 6) is 0. The van der Waals surface area contributed by atoms with Gasteiger partial charge in [-0.3, -0.25) is 10.1 Å². The van der Waals surface area contributed by atoms with Crippen molar-refractivity contribution in [3.8, 4) is 0 Å². The molecule has 0 amide bonds. The molecule has 88 valence electrons. The van der Waals surface area contributed by atoms with Crippen molar-refractivity contribution in [1.29, 1.82) is 0 Å². The van der Waals surface area contributed by atoms with Gasteiger partial charge in [0.15, 0.2) is 0 Å². The molecule has 0 bridgehead atoms. The Morgan fingerprint density at radius 3 is 2.44 bits per heavy atom. The largest absolute Gasteiger partial charge is 0.376 e. The van der Waals surface area contributed by atoms with Crippen LogP contribution in [0.25, 0.3) is 0 Å². The molecule has 2 atom stereocenters. The lowest BCUT2D eigenvalue weighted by molar-refractivity contribution is -0.520. The lowest BCUT2D eigenvalue weighted by Crippen LogP contribution is -2.19. The van der Waals surface area contributed by atoms with Gasteiger partial charge in [-0.05, 0) is 17.7 Å². The van der Waals surface area contributed by atoms with Crippen molar-refractivity contribution in [2.24, 2.45) is 0 Å². The number of hydrogen-bond acceptors (Lipinski definition) is 3. The van der Waals surface area contributed by atoms with Crippen LogP contribution in [0.2, 0.25) is 5.02 Å². The second-order valence-corrected chi connectivity index (χ2v) is 4.08. The van der Waals surface area contributed by atoms with Gasteiger partial charge in [0, 0.05) is 30.4 Å². The summed E-state index contributed by atoms with van der Waals surface area (Å²) in [6.07, 6.45) is 0.0863. The number of benzene rings is 1. The Labute approximate surface area is 99.3 Å². The summed E-state index contributed by atoms with van der Waals surface area (Å²) in [5.41, 5.74) is 0.903. The minimum atomic E-state index is -0.624. The highest BCUT2D eigenvalue weighted by atomic mass is 35.5. The molecule has 0 saturated heterocycles. The topological polar surface area (TPSA) is 52.4 Å². The van der Waals surface area contributed by atoms with E-state index in [0.29, 0.717) is 11.4 Å². The van der Waals surface area contributed by atoms with Crippen molar-refractivity contribution in [1.82, 2.24) is 0 Å². The molecule has 0 aliphatic heterocycles. The summed E-state index contributed by atoms with van der Waals surface area (Å²) in [4.78, 5) is 10.3. The maximum absolute atomic E-state index is 10.6. The molecule has 0 aliphatic rings. The minimum absolute atomic E-state index is 0.266. The highest BCUT2D eigenvalue weighted by Crippen LogP contribution is 2.24. The van der Waals surface area contributed by atoms with E-state index in [2.05, 4.69) is 0 Å². The van der Waals surface area contributed by atoms with Gasteiger partial charge in [-0.25, -0.2) is 0 Å². The van der Waals surface area contributed by atoms with Gasteiger partial charge in [0.05, 0.1) is 6.10 Å². The van der Waals surface area contributed by atoms with Gasteiger partial charge >= 0.3 is 0 Å². The Bertz CT molecular complexity index is 353. The fourth-order valence-electron chi connectivity index (χ4n) is 1.44. The molecule has 2 unspecified atom stereocenters. The van der Waals surface area contributed by atoms with Crippen LogP contribution in [0.4, 0.5) is 0 Å². The van der Waals surface area contributed by atoms with E-state index in [1.807, 2.05) is 12.1 Å². The number of hydrogen-bond donors (Lipinski definition) is 0. The Hall–Kier alpha value is -1.13. The van der Waals surface area contributed by atoms with E-state index >= 15 is 0 Å². The standard InChI is InChI=1S/C11H14ClNO3/c1-8(13(14)15)7-11(16-2)9-3-5-10(12)6-4-9/h3-6,8,11H,7H2,1-2H3. The average molecular weight is 244 g/mol. The van der Waals surface area contributed by atoms with E-state index < -0.39 is 6.04 Å². The third-order valence-electron chi connectivity index (χ3n) is 2.44. The lowest BCUT2D eigenvalue weighted by Gasteiger charge is -2.16. The maximum Gasteiger partial charge on any atom is 0.213 e. The van der Waals surface area contributed by atoms with Crippen molar-refractivity contribution in [2.75, 3.05) is 7.11 Å². The van der Waals surface area contributed by atoms with E-state index in [0.717, 1.165) is 5.56 Å². The van der Waals surface area contributed by atoms with Crippen LogP contribution in [0, 0.1) is 10.1 Å². The highest BCUT2D eigenvalue weighted by molar-refractivity contribution is 6.30. The first kappa shape index (κ1) is 12.9. The van der Waals surface area contributed by atoms with Gasteiger partial charge in [-0.1, -0.05) is 23.7 Å². The quantitative estimate of drug-likeness (QED) is 0.590. The summed E-state index contributed by atoms with van der Waals surface area (Å²) in [7, 11) is 1.55. The zero-order valence-electron chi connectivity index (χ0n) is 9.22. The summed E-state index contributed by atoms with van der Waals surface area (Å²) in [6, 6.07) is 6.52. The third-order valence-corrected chi connectivity index (χ3v) is 2.69. The third kappa shape index (κ3) is 3.47. The van der Waals surface area contributed by atoms with Crippen molar-refractivity contribution >= 4 is 11.6 Å². The number of nitrogens with zero attached hydrogens (tertiary/aromatic N) is 1. The van der Waals surface area contributed by atoms with Crippen LogP contribution in [-0.4, -0.2) is 18.1 Å². The first-order valence-corrected chi connectivity index (χ1v) is 5.34. The maximum atomic E-state index is 10.6. The molecule has 1 aromatic rings. The monoisotopic (exact) mass is 243 g/mol. The van der Waals surface area contributed by atoms with E-state index in [-0.39, 0.29) is 11.0 Å². The molecule has 0 saturated carbocycles. The minimum Gasteiger partial charge on any atom is -0.376 e. The van der Waals surface area contributed by atoms with E-state index in [1.165, 1.54) is 0 Å². The fraction of sp³-hybridized carbons (Fsp3) is 0.455. The number of nitro groups is 1. The number of ether oxygens (including phenoxy) is 1. The summed E-state index contributed by atoms with van der Waals surface area (Å²) >= 11 is 5.77. The fourth-order valence-corrected chi connectivity index (χ4v) is 1.57.